The van der Waals surface area contributed by atoms with Gasteiger partial charge in [0, 0.05) is 9.61 Å². The average molecular weight is 390 g/mol. The molecular formula is C15H14ClFIN. The molecule has 0 heterocycles. The van der Waals surface area contributed by atoms with E-state index in [1.54, 1.807) is 12.1 Å². The van der Waals surface area contributed by atoms with E-state index >= 15 is 0 Å². The number of halogens is 3. The summed E-state index contributed by atoms with van der Waals surface area (Å²) in [6.45, 7) is 0. The molecule has 2 aromatic rings. The minimum absolute atomic E-state index is 0.176. The fraction of sp³-hybridized carbons (Fsp3) is 0.200. The van der Waals surface area contributed by atoms with Gasteiger partial charge in [-0.1, -0.05) is 29.8 Å². The summed E-state index contributed by atoms with van der Waals surface area (Å²) in [7, 11) is 1.93. The van der Waals surface area contributed by atoms with Gasteiger partial charge in [-0.15, -0.1) is 0 Å². The number of benzene rings is 2. The van der Waals surface area contributed by atoms with E-state index in [9.17, 15) is 4.39 Å². The lowest BCUT2D eigenvalue weighted by molar-refractivity contribution is 0.588. The van der Waals surface area contributed by atoms with Crippen LogP contribution in [0.5, 0.6) is 0 Å². The van der Waals surface area contributed by atoms with Crippen molar-refractivity contribution >= 4 is 34.2 Å². The second-order valence-corrected chi connectivity index (χ2v) is 6.00. The highest BCUT2D eigenvalue weighted by Crippen LogP contribution is 2.23. The molecule has 0 fully saturated rings. The van der Waals surface area contributed by atoms with E-state index in [4.69, 9.17) is 11.6 Å². The lowest BCUT2D eigenvalue weighted by Crippen LogP contribution is -2.19. The fourth-order valence-corrected chi connectivity index (χ4v) is 2.78. The highest BCUT2D eigenvalue weighted by molar-refractivity contribution is 14.1. The van der Waals surface area contributed by atoms with Crippen molar-refractivity contribution in [2.45, 2.75) is 12.5 Å². The summed E-state index contributed by atoms with van der Waals surface area (Å²) in [5, 5.41) is 3.46. The summed E-state index contributed by atoms with van der Waals surface area (Å²) < 4.78 is 14.3. The molecule has 1 atom stereocenters. The summed E-state index contributed by atoms with van der Waals surface area (Å²) in [5.41, 5.74) is 2.24. The van der Waals surface area contributed by atoms with Crippen LogP contribution in [0.1, 0.15) is 17.2 Å². The Balaban J connectivity index is 2.21. The van der Waals surface area contributed by atoms with Crippen LogP contribution in [0.3, 0.4) is 0 Å². The minimum atomic E-state index is -0.374. The van der Waals surface area contributed by atoms with Crippen LogP contribution in [0, 0.1) is 9.39 Å². The Morgan fingerprint density at radius 2 is 2.05 bits per heavy atom. The third-order valence-electron chi connectivity index (χ3n) is 3.02. The van der Waals surface area contributed by atoms with Crippen molar-refractivity contribution in [3.05, 3.63) is 68.0 Å². The molecule has 0 aliphatic heterocycles. The Kier molecular flexibility index (Phi) is 5.19. The van der Waals surface area contributed by atoms with Gasteiger partial charge in [-0.25, -0.2) is 4.39 Å². The van der Waals surface area contributed by atoms with Gasteiger partial charge in [0.15, 0.2) is 0 Å². The van der Waals surface area contributed by atoms with Crippen molar-refractivity contribution in [3.8, 4) is 0 Å². The van der Waals surface area contributed by atoms with E-state index < -0.39 is 0 Å². The van der Waals surface area contributed by atoms with E-state index in [0.29, 0.717) is 0 Å². The maximum Gasteiger partial charge on any atom is 0.141 e. The molecule has 0 aliphatic carbocycles. The van der Waals surface area contributed by atoms with Gasteiger partial charge in [0.2, 0.25) is 0 Å². The van der Waals surface area contributed by atoms with Crippen molar-refractivity contribution in [2.24, 2.45) is 0 Å². The molecule has 4 heteroatoms. The van der Waals surface area contributed by atoms with E-state index in [2.05, 4.69) is 46.1 Å². The highest BCUT2D eigenvalue weighted by Gasteiger charge is 2.11. The van der Waals surface area contributed by atoms with Crippen molar-refractivity contribution in [3.63, 3.8) is 0 Å². The number of nitrogens with one attached hydrogen (secondary N) is 1. The predicted octanol–water partition coefficient (Wildman–Crippen LogP) is 4.59. The molecule has 0 saturated heterocycles. The van der Waals surface area contributed by atoms with Crippen LogP contribution in [0.15, 0.2) is 42.5 Å². The van der Waals surface area contributed by atoms with Gasteiger partial charge in [-0.3, -0.25) is 0 Å². The van der Waals surface area contributed by atoms with Crippen LogP contribution in [-0.4, -0.2) is 7.05 Å². The fourth-order valence-electron chi connectivity index (χ4n) is 2.01. The van der Waals surface area contributed by atoms with Gasteiger partial charge in [0.25, 0.3) is 0 Å². The van der Waals surface area contributed by atoms with E-state index in [0.717, 1.165) is 12.0 Å². The molecule has 0 spiro atoms. The first-order valence-electron chi connectivity index (χ1n) is 5.97. The van der Waals surface area contributed by atoms with Crippen molar-refractivity contribution < 1.29 is 4.39 Å². The molecule has 2 aromatic carbocycles. The van der Waals surface area contributed by atoms with Gasteiger partial charge in [0.05, 0.1) is 5.02 Å². The summed E-state index contributed by atoms with van der Waals surface area (Å²) in [4.78, 5) is 0. The van der Waals surface area contributed by atoms with Crippen molar-refractivity contribution in [1.29, 1.82) is 0 Å². The smallest absolute Gasteiger partial charge is 0.141 e. The first-order valence-corrected chi connectivity index (χ1v) is 7.42. The Labute approximate surface area is 131 Å². The van der Waals surface area contributed by atoms with Gasteiger partial charge in [-0.2, -0.15) is 0 Å². The molecule has 0 bridgehead atoms. The third-order valence-corrected chi connectivity index (χ3v) is 3.98. The molecule has 0 radical (unpaired) electrons. The molecule has 100 valence electrons. The normalized spacial score (nSPS) is 12.4. The zero-order valence-corrected chi connectivity index (χ0v) is 13.4. The lowest BCUT2D eigenvalue weighted by Gasteiger charge is -2.17. The topological polar surface area (TPSA) is 12.0 Å². The van der Waals surface area contributed by atoms with E-state index in [-0.39, 0.29) is 16.9 Å². The number of hydrogen-bond acceptors (Lipinski definition) is 1. The first-order chi connectivity index (χ1) is 9.10. The summed E-state index contributed by atoms with van der Waals surface area (Å²) in [6.07, 6.45) is 0.774. The van der Waals surface area contributed by atoms with Gasteiger partial charge in [0.1, 0.15) is 5.82 Å². The molecule has 1 N–H and O–H groups in total. The van der Waals surface area contributed by atoms with Crippen molar-refractivity contribution in [1.82, 2.24) is 5.32 Å². The second-order valence-electron chi connectivity index (χ2n) is 4.35. The van der Waals surface area contributed by atoms with Crippen LogP contribution in [0.2, 0.25) is 5.02 Å². The van der Waals surface area contributed by atoms with Gasteiger partial charge >= 0.3 is 0 Å². The van der Waals surface area contributed by atoms with Crippen LogP contribution >= 0.6 is 34.2 Å². The maximum atomic E-state index is 13.1. The van der Waals surface area contributed by atoms with Gasteiger partial charge < -0.3 is 5.32 Å². The predicted molar refractivity (Wildman–Crippen MR) is 86.1 cm³/mol. The molecule has 0 saturated carbocycles. The molecule has 1 nitrogen and oxygen atoms in total. The highest BCUT2D eigenvalue weighted by atomic mass is 127. The number of likely N-dealkylation sites (N-methyl/N-ethyl adjacent to an activating group) is 1. The maximum absolute atomic E-state index is 13.1. The van der Waals surface area contributed by atoms with Crippen LogP contribution < -0.4 is 5.32 Å². The Bertz CT molecular complexity index is 574. The van der Waals surface area contributed by atoms with E-state index in [1.165, 1.54) is 15.2 Å². The van der Waals surface area contributed by atoms with Crippen LogP contribution in [-0.2, 0) is 6.42 Å². The Morgan fingerprint density at radius 1 is 1.26 bits per heavy atom. The minimum Gasteiger partial charge on any atom is -0.313 e. The quantitative estimate of drug-likeness (QED) is 0.754. The Morgan fingerprint density at radius 3 is 2.68 bits per heavy atom. The SMILES string of the molecule is CNC(Cc1ccc(F)c(Cl)c1)c1cccc(I)c1. The first kappa shape index (κ1) is 14.8. The van der Waals surface area contributed by atoms with E-state index in [1.807, 2.05) is 13.1 Å². The summed E-state index contributed by atoms with van der Waals surface area (Å²) in [6, 6.07) is 13.4. The molecule has 0 amide bonds. The second kappa shape index (κ2) is 6.68. The largest absolute Gasteiger partial charge is 0.313 e. The molecule has 2 rings (SSSR count). The zero-order valence-electron chi connectivity index (χ0n) is 10.5. The van der Waals surface area contributed by atoms with Crippen molar-refractivity contribution in [2.75, 3.05) is 7.05 Å². The average Bonchev–Trinajstić information content (AvgIpc) is 2.40. The molecule has 19 heavy (non-hydrogen) atoms. The monoisotopic (exact) mass is 389 g/mol. The summed E-state index contributed by atoms with van der Waals surface area (Å²) >= 11 is 8.11. The Hall–Kier alpha value is -0.650. The molecule has 1 unspecified atom stereocenters. The van der Waals surface area contributed by atoms with Gasteiger partial charge in [-0.05, 0) is 71.5 Å². The number of hydrogen-bond donors (Lipinski definition) is 1. The molecule has 0 aromatic heterocycles. The molecular weight excluding hydrogens is 376 g/mol. The summed E-state index contributed by atoms with van der Waals surface area (Å²) in [5.74, 6) is -0.374. The van der Waals surface area contributed by atoms with Crippen LogP contribution in [0.25, 0.3) is 0 Å². The standard InChI is InChI=1S/C15H14ClFIN/c1-19-15(11-3-2-4-12(18)9-11)8-10-5-6-14(17)13(16)7-10/h2-7,9,15,19H,8H2,1H3. The zero-order chi connectivity index (χ0) is 13.8. The van der Waals surface area contributed by atoms with Crippen LogP contribution in [0.4, 0.5) is 4.39 Å². The lowest BCUT2D eigenvalue weighted by atomic mass is 9.99. The number of rotatable bonds is 4. The molecule has 0 aliphatic rings. The third kappa shape index (κ3) is 3.91.